The maximum atomic E-state index is 7.35. The van der Waals surface area contributed by atoms with Crippen LogP contribution in [0, 0.1) is 5.41 Å². The minimum absolute atomic E-state index is 0.0000743. The van der Waals surface area contributed by atoms with E-state index in [1.165, 1.54) is 4.68 Å². The zero-order chi connectivity index (χ0) is 10.1. The number of halogens is 1. The normalized spacial score (nSPS) is 10.4. The summed E-state index contributed by atoms with van der Waals surface area (Å²) >= 11 is 5.95. The summed E-state index contributed by atoms with van der Waals surface area (Å²) in [7, 11) is 1.65. The Bertz CT molecular complexity index is 515. The van der Waals surface area contributed by atoms with Crippen molar-refractivity contribution in [3.05, 3.63) is 35.0 Å². The highest BCUT2D eigenvalue weighted by Gasteiger charge is 2.08. The van der Waals surface area contributed by atoms with Crippen LogP contribution in [0.5, 0.6) is 0 Å². The van der Waals surface area contributed by atoms with Crippen LogP contribution in [0.4, 0.5) is 0 Å². The van der Waals surface area contributed by atoms with Crippen LogP contribution >= 0.6 is 11.6 Å². The van der Waals surface area contributed by atoms with Crippen molar-refractivity contribution in [1.82, 2.24) is 9.78 Å². The molecule has 0 radical (unpaired) electrons. The standard InChI is InChI=1S/C9H8ClN3O/c1-13-9(11)14-8(12-13)6-4-2-3-5-7(6)10/h2-5,11H,1H3. The molecule has 0 bridgehead atoms. The van der Waals surface area contributed by atoms with E-state index in [-0.39, 0.29) is 5.68 Å². The molecule has 2 rings (SSSR count). The van der Waals surface area contributed by atoms with E-state index >= 15 is 0 Å². The molecule has 0 unspecified atom stereocenters. The summed E-state index contributed by atoms with van der Waals surface area (Å²) in [5, 5.41) is 11.9. The van der Waals surface area contributed by atoms with Crippen LogP contribution < -0.4 is 5.68 Å². The summed E-state index contributed by atoms with van der Waals surface area (Å²) in [5.74, 6) is 0.364. The fourth-order valence-electron chi connectivity index (χ4n) is 1.10. The third-order valence-electron chi connectivity index (χ3n) is 1.83. The first-order valence-electron chi connectivity index (χ1n) is 4.02. The molecule has 2 aromatic rings. The third-order valence-corrected chi connectivity index (χ3v) is 2.16. The molecule has 1 aromatic heterocycles. The van der Waals surface area contributed by atoms with Gasteiger partial charge in [0.15, 0.2) is 0 Å². The van der Waals surface area contributed by atoms with E-state index in [2.05, 4.69) is 5.10 Å². The van der Waals surface area contributed by atoms with Crippen LogP contribution in [0.2, 0.25) is 5.02 Å². The molecule has 14 heavy (non-hydrogen) atoms. The minimum atomic E-state index is -0.0000743. The number of hydrogen-bond acceptors (Lipinski definition) is 3. The summed E-state index contributed by atoms with van der Waals surface area (Å²) in [5.41, 5.74) is 0.697. The number of nitrogens with one attached hydrogen (secondary N) is 1. The highest BCUT2D eigenvalue weighted by Crippen LogP contribution is 2.24. The molecule has 1 heterocycles. The van der Waals surface area contributed by atoms with Crippen molar-refractivity contribution in [2.75, 3.05) is 0 Å². The van der Waals surface area contributed by atoms with Crippen molar-refractivity contribution in [2.45, 2.75) is 0 Å². The number of aryl methyl sites for hydroxylation is 1. The van der Waals surface area contributed by atoms with Crippen LogP contribution in [0.3, 0.4) is 0 Å². The second kappa shape index (κ2) is 3.31. The van der Waals surface area contributed by atoms with Gasteiger partial charge in [-0.3, -0.25) is 0 Å². The zero-order valence-corrected chi connectivity index (χ0v) is 8.25. The maximum absolute atomic E-state index is 7.35. The van der Waals surface area contributed by atoms with Crippen molar-refractivity contribution < 1.29 is 4.42 Å². The molecule has 1 N–H and O–H groups in total. The zero-order valence-electron chi connectivity index (χ0n) is 7.49. The smallest absolute Gasteiger partial charge is 0.312 e. The van der Waals surface area contributed by atoms with Crippen molar-refractivity contribution in [2.24, 2.45) is 7.05 Å². The molecule has 4 nitrogen and oxygen atoms in total. The first-order valence-corrected chi connectivity index (χ1v) is 4.40. The number of benzene rings is 1. The highest BCUT2D eigenvalue weighted by molar-refractivity contribution is 6.33. The molecule has 0 aliphatic carbocycles. The van der Waals surface area contributed by atoms with E-state index in [0.29, 0.717) is 16.5 Å². The van der Waals surface area contributed by atoms with Gasteiger partial charge < -0.3 is 4.42 Å². The predicted molar refractivity (Wildman–Crippen MR) is 51.8 cm³/mol. The molecule has 0 amide bonds. The highest BCUT2D eigenvalue weighted by atomic mass is 35.5. The average Bonchev–Trinajstić information content (AvgIpc) is 2.48. The third kappa shape index (κ3) is 1.44. The lowest BCUT2D eigenvalue weighted by Crippen LogP contribution is -2.10. The van der Waals surface area contributed by atoms with Gasteiger partial charge in [-0.25, -0.2) is 10.1 Å². The molecule has 0 aliphatic rings. The molecule has 0 saturated heterocycles. The Morgan fingerprint density at radius 2 is 2.14 bits per heavy atom. The summed E-state index contributed by atoms with van der Waals surface area (Å²) in [6, 6.07) is 7.23. The predicted octanol–water partition coefficient (Wildman–Crippen LogP) is 1.81. The van der Waals surface area contributed by atoms with Crippen molar-refractivity contribution in [3.63, 3.8) is 0 Å². The topological polar surface area (TPSA) is 54.8 Å². The average molecular weight is 210 g/mol. The van der Waals surface area contributed by atoms with Crippen LogP contribution in [-0.2, 0) is 7.05 Å². The lowest BCUT2D eigenvalue weighted by Gasteiger charge is -1.95. The van der Waals surface area contributed by atoms with Gasteiger partial charge in [-0.2, -0.15) is 0 Å². The van der Waals surface area contributed by atoms with Gasteiger partial charge in [-0.1, -0.05) is 23.7 Å². The second-order valence-corrected chi connectivity index (χ2v) is 3.22. The molecular weight excluding hydrogens is 202 g/mol. The first kappa shape index (κ1) is 9.02. The lowest BCUT2D eigenvalue weighted by atomic mass is 10.2. The Morgan fingerprint density at radius 3 is 2.71 bits per heavy atom. The summed E-state index contributed by atoms with van der Waals surface area (Å²) < 4.78 is 6.46. The van der Waals surface area contributed by atoms with E-state index in [0.717, 1.165) is 0 Å². The molecule has 72 valence electrons. The molecular formula is C9H8ClN3O. The molecule has 0 saturated carbocycles. The van der Waals surface area contributed by atoms with E-state index in [1.807, 2.05) is 12.1 Å². The van der Waals surface area contributed by atoms with Crippen molar-refractivity contribution in [3.8, 4) is 11.5 Å². The summed E-state index contributed by atoms with van der Waals surface area (Å²) in [6.45, 7) is 0. The number of rotatable bonds is 1. The minimum Gasteiger partial charge on any atom is -0.404 e. The fourth-order valence-corrected chi connectivity index (χ4v) is 1.32. The largest absolute Gasteiger partial charge is 0.404 e. The number of nitrogens with zero attached hydrogens (tertiary/aromatic N) is 2. The SMILES string of the molecule is Cn1nc(-c2ccccc2Cl)oc1=N. The summed E-state index contributed by atoms with van der Waals surface area (Å²) in [6.07, 6.45) is 0. The summed E-state index contributed by atoms with van der Waals surface area (Å²) in [4.78, 5) is 0. The molecule has 5 heteroatoms. The second-order valence-electron chi connectivity index (χ2n) is 2.82. The quantitative estimate of drug-likeness (QED) is 0.779. The van der Waals surface area contributed by atoms with Gasteiger partial charge in [0.05, 0.1) is 10.6 Å². The van der Waals surface area contributed by atoms with Gasteiger partial charge in [0.25, 0.3) is 0 Å². The Labute approximate surface area is 85.3 Å². The lowest BCUT2D eigenvalue weighted by molar-refractivity contribution is 0.475. The monoisotopic (exact) mass is 209 g/mol. The van der Waals surface area contributed by atoms with Gasteiger partial charge in [0.2, 0.25) is 5.89 Å². The Morgan fingerprint density at radius 1 is 1.43 bits per heavy atom. The van der Waals surface area contributed by atoms with Crippen molar-refractivity contribution in [1.29, 1.82) is 5.41 Å². The Balaban J connectivity index is 2.60. The van der Waals surface area contributed by atoms with E-state index in [1.54, 1.807) is 19.2 Å². The van der Waals surface area contributed by atoms with Crippen molar-refractivity contribution >= 4 is 11.6 Å². The van der Waals surface area contributed by atoms with Gasteiger partial charge in [-0.15, -0.1) is 5.10 Å². The molecule has 0 aliphatic heterocycles. The van der Waals surface area contributed by atoms with Gasteiger partial charge in [0, 0.05) is 7.05 Å². The van der Waals surface area contributed by atoms with Crippen LogP contribution in [-0.4, -0.2) is 9.78 Å². The molecule has 0 fully saturated rings. The van der Waals surface area contributed by atoms with E-state index < -0.39 is 0 Å². The maximum Gasteiger partial charge on any atom is 0.312 e. The van der Waals surface area contributed by atoms with E-state index in [9.17, 15) is 0 Å². The number of aromatic nitrogens is 2. The molecule has 1 aromatic carbocycles. The Hall–Kier alpha value is -1.55. The molecule has 0 atom stereocenters. The first-order chi connectivity index (χ1) is 6.68. The van der Waals surface area contributed by atoms with Gasteiger partial charge in [0.1, 0.15) is 0 Å². The van der Waals surface area contributed by atoms with Crippen LogP contribution in [0.1, 0.15) is 0 Å². The Kier molecular flexibility index (Phi) is 2.13. The van der Waals surface area contributed by atoms with E-state index in [4.69, 9.17) is 21.4 Å². The van der Waals surface area contributed by atoms with Crippen LogP contribution in [0.25, 0.3) is 11.5 Å². The van der Waals surface area contributed by atoms with Gasteiger partial charge in [-0.05, 0) is 12.1 Å². The number of hydrogen-bond donors (Lipinski definition) is 1. The van der Waals surface area contributed by atoms with Crippen LogP contribution in [0.15, 0.2) is 28.7 Å². The molecule has 0 spiro atoms. The van der Waals surface area contributed by atoms with Gasteiger partial charge >= 0.3 is 5.68 Å². The fraction of sp³-hybridized carbons (Fsp3) is 0.111.